The van der Waals surface area contributed by atoms with Gasteiger partial charge in [0, 0.05) is 5.56 Å². The average molecular weight is 765 g/mol. The van der Waals surface area contributed by atoms with Crippen LogP contribution in [0.2, 0.25) is 98.2 Å². The molecule has 0 spiro atoms. The van der Waals surface area contributed by atoms with Crippen LogP contribution in [-0.2, 0) is 52.1 Å². The van der Waals surface area contributed by atoms with Crippen LogP contribution < -0.4 is 0 Å². The third-order valence-electron chi connectivity index (χ3n) is 7.91. The molecule has 12 heteroatoms. The van der Waals surface area contributed by atoms with Gasteiger partial charge in [-0.3, -0.25) is 0 Å². The second-order valence-electron chi connectivity index (χ2n) is 18.6. The third-order valence-corrected chi connectivity index (χ3v) is 12.9. The first-order valence-corrected chi connectivity index (χ1v) is 35.1. The van der Waals surface area contributed by atoms with Gasteiger partial charge >= 0.3 is 0 Å². The highest BCUT2D eigenvalue weighted by Crippen LogP contribution is 2.45. The number of hydrogen-bond donors (Lipinski definition) is 1. The van der Waals surface area contributed by atoms with Crippen LogP contribution in [0.3, 0.4) is 0 Å². The van der Waals surface area contributed by atoms with Gasteiger partial charge in [0.2, 0.25) is 5.79 Å². The summed E-state index contributed by atoms with van der Waals surface area (Å²) in [6.45, 7) is 35.5. The van der Waals surface area contributed by atoms with Crippen LogP contribution in [0.25, 0.3) is 0 Å². The fourth-order valence-corrected chi connectivity index (χ4v) is 10.4. The van der Waals surface area contributed by atoms with Crippen molar-refractivity contribution in [3.63, 3.8) is 0 Å². The molecule has 0 amide bonds. The summed E-state index contributed by atoms with van der Waals surface area (Å²) in [6, 6.07) is 15.2. The van der Waals surface area contributed by atoms with E-state index >= 15 is 0 Å². The Morgan fingerprint density at radius 1 is 0.612 bits per heavy atom. The predicted octanol–water partition coefficient (Wildman–Crippen LogP) is 9.25. The number of rotatable bonds is 16. The van der Waals surface area contributed by atoms with Crippen molar-refractivity contribution in [2.75, 3.05) is 6.61 Å². The molecule has 1 N–H and O–H groups in total. The molecule has 3 rings (SSSR count). The highest BCUT2D eigenvalue weighted by Gasteiger charge is 2.59. The molecule has 0 saturated carbocycles. The Bertz CT molecular complexity index is 1350. The van der Waals surface area contributed by atoms with E-state index in [1.165, 1.54) is 11.1 Å². The lowest BCUT2D eigenvalue weighted by Gasteiger charge is -2.54. The third kappa shape index (κ3) is 13.6. The SMILES string of the molecule is CCc1ccc(Cc2ccc(CO[Si](C)(C)C)c(C3(O)O[C@H](CO[Si](C)(C)C)[C@@H](O[Si](C)(C)C)[C@H](O[Si](C)(C)C)[C@H]3O[Si](C)(C)C)c2)cc1. The summed E-state index contributed by atoms with van der Waals surface area (Å²) in [5.41, 5.74) is 5.17. The van der Waals surface area contributed by atoms with Gasteiger partial charge < -0.3 is 32.0 Å². The van der Waals surface area contributed by atoms with Crippen molar-refractivity contribution < 1.29 is 32.0 Å². The Morgan fingerprint density at radius 2 is 1.10 bits per heavy atom. The topological polar surface area (TPSA) is 75.6 Å². The zero-order valence-corrected chi connectivity index (χ0v) is 38.6. The molecule has 2 aromatic rings. The smallest absolute Gasteiger partial charge is 0.221 e. The average Bonchev–Trinajstić information content (AvgIpc) is 2.92. The maximum Gasteiger partial charge on any atom is 0.221 e. The van der Waals surface area contributed by atoms with Crippen molar-refractivity contribution in [1.82, 2.24) is 0 Å². The van der Waals surface area contributed by atoms with E-state index in [-0.39, 0.29) is 0 Å². The van der Waals surface area contributed by atoms with Gasteiger partial charge in [-0.05, 0) is 139 Å². The molecular weight excluding hydrogens is 697 g/mol. The molecule has 2 aromatic carbocycles. The quantitative estimate of drug-likeness (QED) is 0.171. The summed E-state index contributed by atoms with van der Waals surface area (Å²) in [5, 5.41) is 13.4. The van der Waals surface area contributed by atoms with E-state index in [1.54, 1.807) is 0 Å². The molecule has 5 atom stereocenters. The van der Waals surface area contributed by atoms with Gasteiger partial charge in [-0.2, -0.15) is 0 Å². The van der Waals surface area contributed by atoms with Crippen molar-refractivity contribution in [3.8, 4) is 0 Å². The maximum atomic E-state index is 13.4. The molecule has 0 radical (unpaired) electrons. The standard InChI is InChI=1S/C37H68O7Si5/c1-17-28-18-20-29(21-19-28)24-30-22-23-31(26-39-45(2,3)4)32(25-30)37(38)36(44-49(14,15)16)35(43-48(11,12)13)34(42-47(8,9)10)33(41-37)27-40-46(5,6)7/h18-23,25,33-36,38H,17,24,26-27H2,1-16H3/t33-,34-,35+,36-,37?/m1/s1. The molecule has 0 aromatic heterocycles. The first kappa shape index (κ1) is 42.7. The second kappa shape index (κ2) is 16.1. The first-order chi connectivity index (χ1) is 22.2. The minimum Gasteiger partial charge on any atom is -0.415 e. The Balaban J connectivity index is 2.31. The molecule has 278 valence electrons. The molecule has 0 bridgehead atoms. The van der Waals surface area contributed by atoms with Crippen molar-refractivity contribution in [2.45, 2.75) is 155 Å². The van der Waals surface area contributed by atoms with Crippen molar-refractivity contribution in [2.24, 2.45) is 0 Å². The van der Waals surface area contributed by atoms with E-state index in [9.17, 15) is 5.11 Å². The number of hydrogen-bond acceptors (Lipinski definition) is 7. The second-order valence-corrected chi connectivity index (χ2v) is 41.0. The van der Waals surface area contributed by atoms with Crippen molar-refractivity contribution >= 4 is 41.6 Å². The molecule has 1 heterocycles. The van der Waals surface area contributed by atoms with Gasteiger partial charge in [-0.15, -0.1) is 0 Å². The number of aliphatic hydroxyl groups is 1. The molecule has 1 unspecified atom stereocenters. The minimum absolute atomic E-state index is 0.294. The first-order valence-electron chi connectivity index (χ1n) is 18.1. The summed E-state index contributed by atoms with van der Waals surface area (Å²) in [7, 11) is -10.5. The summed E-state index contributed by atoms with van der Waals surface area (Å²) in [4.78, 5) is 0. The maximum absolute atomic E-state index is 13.4. The van der Waals surface area contributed by atoms with E-state index in [0.717, 1.165) is 24.0 Å². The lowest BCUT2D eigenvalue weighted by molar-refractivity contribution is -0.349. The highest BCUT2D eigenvalue weighted by molar-refractivity contribution is 6.71. The van der Waals surface area contributed by atoms with E-state index in [0.29, 0.717) is 18.8 Å². The predicted molar refractivity (Wildman–Crippen MR) is 216 cm³/mol. The summed E-state index contributed by atoms with van der Waals surface area (Å²) in [5.74, 6) is -1.85. The lowest BCUT2D eigenvalue weighted by Crippen LogP contribution is -2.69. The zero-order chi connectivity index (χ0) is 37.2. The Hall–Kier alpha value is -0.756. The monoisotopic (exact) mass is 764 g/mol. The lowest BCUT2D eigenvalue weighted by atomic mass is 9.85. The van der Waals surface area contributed by atoms with Crippen molar-refractivity contribution in [1.29, 1.82) is 0 Å². The van der Waals surface area contributed by atoms with Gasteiger partial charge in [0.05, 0.1) is 13.2 Å². The fraction of sp³-hybridized carbons (Fsp3) is 0.676. The van der Waals surface area contributed by atoms with Crippen LogP contribution in [0.4, 0.5) is 0 Å². The zero-order valence-electron chi connectivity index (χ0n) is 33.6. The number of ether oxygens (including phenoxy) is 1. The van der Waals surface area contributed by atoms with Crippen LogP contribution in [-0.4, -0.2) is 77.7 Å². The van der Waals surface area contributed by atoms with Crippen LogP contribution in [0.15, 0.2) is 42.5 Å². The van der Waals surface area contributed by atoms with Gasteiger partial charge in [-0.1, -0.05) is 43.3 Å². The van der Waals surface area contributed by atoms with Crippen molar-refractivity contribution in [3.05, 3.63) is 70.3 Å². The molecular formula is C37H68O7Si5. The summed E-state index contributed by atoms with van der Waals surface area (Å²) >= 11 is 0. The molecule has 0 aliphatic carbocycles. The van der Waals surface area contributed by atoms with Gasteiger partial charge in [0.1, 0.15) is 24.4 Å². The fourth-order valence-electron chi connectivity index (χ4n) is 5.88. The van der Waals surface area contributed by atoms with Crippen LogP contribution in [0.1, 0.15) is 34.7 Å². The molecule has 1 aliphatic rings. The Morgan fingerprint density at radius 3 is 1.59 bits per heavy atom. The van der Waals surface area contributed by atoms with E-state index in [1.807, 2.05) is 0 Å². The van der Waals surface area contributed by atoms with Crippen LogP contribution >= 0.6 is 0 Å². The van der Waals surface area contributed by atoms with E-state index < -0.39 is 71.8 Å². The highest BCUT2D eigenvalue weighted by atomic mass is 28.4. The van der Waals surface area contributed by atoms with Crippen LogP contribution in [0.5, 0.6) is 0 Å². The number of aryl methyl sites for hydroxylation is 1. The molecule has 1 saturated heterocycles. The summed E-state index contributed by atoms with van der Waals surface area (Å²) in [6.07, 6.45) is -0.735. The van der Waals surface area contributed by atoms with E-state index in [2.05, 4.69) is 148 Å². The van der Waals surface area contributed by atoms with Gasteiger partial charge in [-0.25, -0.2) is 0 Å². The minimum atomic E-state index is -2.29. The summed E-state index contributed by atoms with van der Waals surface area (Å²) < 4.78 is 41.3. The Labute approximate surface area is 304 Å². The molecule has 1 aliphatic heterocycles. The molecule has 49 heavy (non-hydrogen) atoms. The number of benzene rings is 2. The molecule has 1 fully saturated rings. The van der Waals surface area contributed by atoms with Gasteiger partial charge in [0.25, 0.3) is 0 Å². The van der Waals surface area contributed by atoms with Gasteiger partial charge in [0.15, 0.2) is 41.6 Å². The largest absolute Gasteiger partial charge is 0.415 e. The Kier molecular flexibility index (Phi) is 14.0. The molecule has 7 nitrogen and oxygen atoms in total. The van der Waals surface area contributed by atoms with Crippen LogP contribution in [0, 0.1) is 0 Å². The normalized spacial score (nSPS) is 24.3. The van der Waals surface area contributed by atoms with E-state index in [4.69, 9.17) is 26.9 Å².